The summed E-state index contributed by atoms with van der Waals surface area (Å²) in [6.07, 6.45) is 1.50. The lowest BCUT2D eigenvalue weighted by Gasteiger charge is -2.35. The molecule has 186 valence electrons. The molecule has 0 unspecified atom stereocenters. The molecule has 2 atom stereocenters. The van der Waals surface area contributed by atoms with Crippen LogP contribution in [0.25, 0.3) is 11.0 Å². The van der Waals surface area contributed by atoms with E-state index < -0.39 is 6.09 Å². The van der Waals surface area contributed by atoms with Gasteiger partial charge in [0.2, 0.25) is 0 Å². The highest BCUT2D eigenvalue weighted by atomic mass is 16.6. The Kier molecular flexibility index (Phi) is 5.44. The van der Waals surface area contributed by atoms with E-state index in [0.29, 0.717) is 60.2 Å². The van der Waals surface area contributed by atoms with E-state index in [-0.39, 0.29) is 30.2 Å². The highest BCUT2D eigenvalue weighted by Gasteiger charge is 2.46. The molecule has 0 aromatic carbocycles. The van der Waals surface area contributed by atoms with Crippen molar-refractivity contribution in [1.29, 1.82) is 0 Å². The zero-order valence-electron chi connectivity index (χ0n) is 19.5. The van der Waals surface area contributed by atoms with Crippen LogP contribution in [0.3, 0.4) is 0 Å². The number of anilines is 2. The minimum Gasteiger partial charge on any atom is -0.495 e. The highest BCUT2D eigenvalue weighted by molar-refractivity contribution is 5.95. The monoisotopic (exact) mass is 492 g/mol. The second-order valence-corrected chi connectivity index (χ2v) is 8.90. The predicted molar refractivity (Wildman–Crippen MR) is 129 cm³/mol. The van der Waals surface area contributed by atoms with E-state index >= 15 is 0 Å². The number of carbonyl (C=O) groups excluding carboxylic acids is 2. The molecule has 12 heteroatoms. The predicted octanol–water partition coefficient (Wildman–Crippen LogP) is 1.23. The molecule has 0 saturated carbocycles. The third-order valence-corrected chi connectivity index (χ3v) is 6.78. The number of hydrogen-bond donors (Lipinski definition) is 1. The van der Waals surface area contributed by atoms with Gasteiger partial charge >= 0.3 is 6.09 Å². The van der Waals surface area contributed by atoms with Gasteiger partial charge in [0.15, 0.2) is 18.2 Å². The van der Waals surface area contributed by atoms with Crippen molar-refractivity contribution < 1.29 is 23.8 Å². The first-order valence-corrected chi connectivity index (χ1v) is 11.7. The summed E-state index contributed by atoms with van der Waals surface area (Å²) in [5, 5.41) is 2.67. The molecule has 2 saturated heterocycles. The molecule has 6 rings (SSSR count). The van der Waals surface area contributed by atoms with Crippen LogP contribution in [0.15, 0.2) is 41.3 Å². The molecule has 0 bridgehead atoms. The summed E-state index contributed by atoms with van der Waals surface area (Å²) in [5.41, 5.74) is 1.32. The molecule has 0 aliphatic carbocycles. The fourth-order valence-electron chi connectivity index (χ4n) is 4.99. The Bertz CT molecular complexity index is 1420. The SMILES string of the molecule is COc1cnc2ccc(=O)n(CCN3CC[C@H]4[C@@H](C3)OC(=O)N4c3ccc4c(n3)NC(=O)CO4)c2c1. The van der Waals surface area contributed by atoms with E-state index in [1.807, 2.05) is 6.07 Å². The van der Waals surface area contributed by atoms with Crippen molar-refractivity contribution in [3.8, 4) is 11.5 Å². The molecular formula is C24H24N6O6. The van der Waals surface area contributed by atoms with Crippen LogP contribution >= 0.6 is 0 Å². The van der Waals surface area contributed by atoms with Gasteiger partial charge in [0.05, 0.1) is 30.4 Å². The van der Waals surface area contributed by atoms with E-state index in [1.165, 1.54) is 6.07 Å². The van der Waals surface area contributed by atoms with Crippen LogP contribution in [-0.4, -0.2) is 76.9 Å². The van der Waals surface area contributed by atoms with Crippen LogP contribution in [0, 0.1) is 0 Å². The number of fused-ring (bicyclic) bond motifs is 3. The number of methoxy groups -OCH3 is 1. The Morgan fingerprint density at radius 2 is 2.06 bits per heavy atom. The largest absolute Gasteiger partial charge is 0.495 e. The number of piperidine rings is 1. The fourth-order valence-corrected chi connectivity index (χ4v) is 4.99. The van der Waals surface area contributed by atoms with Crippen LogP contribution in [0.5, 0.6) is 11.5 Å². The Labute approximate surface area is 205 Å². The first kappa shape index (κ1) is 22.3. The summed E-state index contributed by atoms with van der Waals surface area (Å²) >= 11 is 0. The Morgan fingerprint density at radius 1 is 1.17 bits per heavy atom. The highest BCUT2D eigenvalue weighted by Crippen LogP contribution is 2.34. The number of nitrogens with zero attached hydrogens (tertiary/aromatic N) is 5. The smallest absolute Gasteiger partial charge is 0.416 e. The normalized spacial score (nSPS) is 21.4. The summed E-state index contributed by atoms with van der Waals surface area (Å²) in [7, 11) is 1.56. The van der Waals surface area contributed by atoms with Gasteiger partial charge in [-0.1, -0.05) is 0 Å². The molecule has 3 aliphatic rings. The maximum Gasteiger partial charge on any atom is 0.416 e. The average Bonchev–Trinajstić information content (AvgIpc) is 3.22. The standard InChI is InChI=1S/C24H24N6O6/c1-34-14-10-17-15(25-11-14)2-5-22(32)29(17)9-8-28-7-6-16-19(12-28)36-24(33)30(16)20-4-3-18-23(26-20)27-21(31)13-35-18/h2-5,10-11,16,19H,6-9,12-13H2,1H3,(H,26,27,31)/t16-,19+/m0/s1. The van der Waals surface area contributed by atoms with Gasteiger partial charge in [-0.15, -0.1) is 0 Å². The molecule has 3 aromatic heterocycles. The first-order chi connectivity index (χ1) is 17.5. The summed E-state index contributed by atoms with van der Waals surface area (Å²) in [5.74, 6) is 1.47. The first-order valence-electron chi connectivity index (χ1n) is 11.7. The number of ether oxygens (including phenoxy) is 3. The van der Waals surface area contributed by atoms with E-state index in [2.05, 4.69) is 20.2 Å². The van der Waals surface area contributed by atoms with Crippen LogP contribution < -0.4 is 25.2 Å². The maximum atomic E-state index is 12.8. The molecule has 3 aromatic rings. The van der Waals surface area contributed by atoms with Crippen molar-refractivity contribution in [1.82, 2.24) is 19.4 Å². The number of amides is 2. The second kappa shape index (κ2) is 8.79. The molecule has 0 spiro atoms. The van der Waals surface area contributed by atoms with Gasteiger partial charge in [0.1, 0.15) is 17.7 Å². The molecule has 2 amide bonds. The molecular weight excluding hydrogens is 468 g/mol. The minimum atomic E-state index is -0.467. The zero-order valence-corrected chi connectivity index (χ0v) is 19.5. The number of aromatic nitrogens is 3. The lowest BCUT2D eigenvalue weighted by atomic mass is 10.0. The number of nitrogens with one attached hydrogen (secondary N) is 1. The van der Waals surface area contributed by atoms with Gasteiger partial charge in [0.25, 0.3) is 11.5 Å². The van der Waals surface area contributed by atoms with Crippen LogP contribution in [0.1, 0.15) is 6.42 Å². The minimum absolute atomic E-state index is 0.0602. The molecule has 1 N–H and O–H groups in total. The van der Waals surface area contributed by atoms with Crippen molar-refractivity contribution in [2.75, 3.05) is 43.6 Å². The molecule has 6 heterocycles. The van der Waals surface area contributed by atoms with Crippen molar-refractivity contribution in [2.24, 2.45) is 0 Å². The number of hydrogen-bond acceptors (Lipinski definition) is 9. The number of pyridine rings is 3. The lowest BCUT2D eigenvalue weighted by Crippen LogP contribution is -2.50. The molecule has 2 fully saturated rings. The molecule has 0 radical (unpaired) electrons. The number of carbonyl (C=O) groups is 2. The average molecular weight is 492 g/mol. The van der Waals surface area contributed by atoms with Crippen LogP contribution in [0.4, 0.5) is 16.4 Å². The van der Waals surface area contributed by atoms with Gasteiger partial charge in [-0.3, -0.25) is 24.4 Å². The maximum absolute atomic E-state index is 12.8. The van der Waals surface area contributed by atoms with Crippen molar-refractivity contribution >= 4 is 34.7 Å². The van der Waals surface area contributed by atoms with Gasteiger partial charge in [-0.25, -0.2) is 9.78 Å². The molecule has 12 nitrogen and oxygen atoms in total. The van der Waals surface area contributed by atoms with Crippen LogP contribution in [-0.2, 0) is 16.1 Å². The third-order valence-electron chi connectivity index (χ3n) is 6.78. The van der Waals surface area contributed by atoms with Gasteiger partial charge in [-0.05, 0) is 24.6 Å². The van der Waals surface area contributed by atoms with E-state index in [9.17, 15) is 14.4 Å². The fraction of sp³-hybridized carbons (Fsp3) is 0.375. The van der Waals surface area contributed by atoms with Gasteiger partial charge in [0, 0.05) is 38.3 Å². The van der Waals surface area contributed by atoms with Crippen molar-refractivity contribution in [3.05, 3.63) is 46.9 Å². The van der Waals surface area contributed by atoms with E-state index in [1.54, 1.807) is 41.0 Å². The molecule has 36 heavy (non-hydrogen) atoms. The number of likely N-dealkylation sites (tertiary alicyclic amines) is 1. The third kappa shape index (κ3) is 3.88. The summed E-state index contributed by atoms with van der Waals surface area (Å²) in [6.45, 7) is 2.28. The summed E-state index contributed by atoms with van der Waals surface area (Å²) < 4.78 is 18.0. The Morgan fingerprint density at radius 3 is 2.92 bits per heavy atom. The Hall–Kier alpha value is -4.19. The second-order valence-electron chi connectivity index (χ2n) is 8.90. The molecule has 3 aliphatic heterocycles. The van der Waals surface area contributed by atoms with E-state index in [4.69, 9.17) is 14.2 Å². The topological polar surface area (TPSA) is 128 Å². The van der Waals surface area contributed by atoms with Crippen LogP contribution in [0.2, 0.25) is 0 Å². The van der Waals surface area contributed by atoms with Crippen molar-refractivity contribution in [2.45, 2.75) is 25.1 Å². The summed E-state index contributed by atoms with van der Waals surface area (Å²) in [6, 6.07) is 8.25. The van der Waals surface area contributed by atoms with Gasteiger partial charge < -0.3 is 24.1 Å². The lowest BCUT2D eigenvalue weighted by molar-refractivity contribution is -0.118. The Balaban J connectivity index is 1.16. The summed E-state index contributed by atoms with van der Waals surface area (Å²) in [4.78, 5) is 49.6. The van der Waals surface area contributed by atoms with Crippen molar-refractivity contribution in [3.63, 3.8) is 0 Å². The van der Waals surface area contributed by atoms with Gasteiger partial charge in [-0.2, -0.15) is 0 Å². The number of rotatable bonds is 5. The zero-order chi connectivity index (χ0) is 24.8. The quantitative estimate of drug-likeness (QED) is 0.559. The van der Waals surface area contributed by atoms with E-state index in [0.717, 1.165) is 6.54 Å².